The molecule has 4 nitrogen and oxygen atoms in total. The van der Waals surface area contributed by atoms with E-state index in [4.69, 9.17) is 0 Å². The Kier molecular flexibility index (Phi) is 4.47. The third-order valence-electron chi connectivity index (χ3n) is 2.75. The highest BCUT2D eigenvalue weighted by Gasteiger charge is 2.10. The SMILES string of the molecule is CC(C)c1nc(Br)cc(N(C)Cc2cccnc2)n1. The van der Waals surface area contributed by atoms with Crippen molar-refractivity contribution < 1.29 is 0 Å². The zero-order valence-electron chi connectivity index (χ0n) is 11.3. The smallest absolute Gasteiger partial charge is 0.134 e. The van der Waals surface area contributed by atoms with Gasteiger partial charge in [-0.3, -0.25) is 4.98 Å². The van der Waals surface area contributed by atoms with E-state index in [0.29, 0.717) is 5.92 Å². The lowest BCUT2D eigenvalue weighted by Gasteiger charge is -2.19. The minimum atomic E-state index is 0.308. The first-order valence-corrected chi connectivity index (χ1v) is 7.00. The lowest BCUT2D eigenvalue weighted by atomic mass is 10.2. The lowest BCUT2D eigenvalue weighted by Crippen LogP contribution is -2.19. The summed E-state index contributed by atoms with van der Waals surface area (Å²) in [5.74, 6) is 2.07. The molecule has 0 spiro atoms. The number of pyridine rings is 1. The molecule has 0 saturated carbocycles. The van der Waals surface area contributed by atoms with Gasteiger partial charge >= 0.3 is 0 Å². The number of rotatable bonds is 4. The predicted molar refractivity (Wildman–Crippen MR) is 80.2 cm³/mol. The van der Waals surface area contributed by atoms with Crippen LogP contribution in [0.1, 0.15) is 31.2 Å². The Morgan fingerprint density at radius 2 is 2.11 bits per heavy atom. The molecule has 0 aliphatic rings. The van der Waals surface area contributed by atoms with Crippen LogP contribution in [-0.2, 0) is 6.54 Å². The van der Waals surface area contributed by atoms with Crippen LogP contribution in [0.5, 0.6) is 0 Å². The summed E-state index contributed by atoms with van der Waals surface area (Å²) in [4.78, 5) is 15.2. The van der Waals surface area contributed by atoms with Gasteiger partial charge in [0.25, 0.3) is 0 Å². The molecular formula is C14H17BrN4. The van der Waals surface area contributed by atoms with Crippen LogP contribution in [0.2, 0.25) is 0 Å². The molecule has 2 aromatic heterocycles. The summed E-state index contributed by atoms with van der Waals surface area (Å²) in [6.07, 6.45) is 3.65. The molecule has 0 aliphatic carbocycles. The van der Waals surface area contributed by atoms with Crippen molar-refractivity contribution in [3.05, 3.63) is 46.6 Å². The first-order chi connectivity index (χ1) is 9.06. The van der Waals surface area contributed by atoms with E-state index < -0.39 is 0 Å². The molecule has 2 heterocycles. The van der Waals surface area contributed by atoms with Gasteiger partial charge in [-0.1, -0.05) is 19.9 Å². The van der Waals surface area contributed by atoms with E-state index in [1.54, 1.807) is 6.20 Å². The second kappa shape index (κ2) is 6.10. The average Bonchev–Trinajstić information content (AvgIpc) is 2.39. The van der Waals surface area contributed by atoms with Crippen LogP contribution in [0.15, 0.2) is 35.2 Å². The Morgan fingerprint density at radius 1 is 1.32 bits per heavy atom. The number of hydrogen-bond donors (Lipinski definition) is 0. The van der Waals surface area contributed by atoms with E-state index in [0.717, 1.165) is 28.4 Å². The monoisotopic (exact) mass is 320 g/mol. The third kappa shape index (κ3) is 3.73. The van der Waals surface area contributed by atoms with Crippen LogP contribution >= 0.6 is 15.9 Å². The van der Waals surface area contributed by atoms with Crippen molar-refractivity contribution in [3.8, 4) is 0 Å². The standard InChI is InChI=1S/C14H17BrN4/c1-10(2)14-17-12(15)7-13(18-14)19(3)9-11-5-4-6-16-8-11/h4-8,10H,9H2,1-3H3. The molecular weight excluding hydrogens is 304 g/mol. The normalized spacial score (nSPS) is 10.8. The number of halogens is 1. The summed E-state index contributed by atoms with van der Waals surface area (Å²) in [6.45, 7) is 4.95. The van der Waals surface area contributed by atoms with Crippen molar-refractivity contribution in [2.75, 3.05) is 11.9 Å². The van der Waals surface area contributed by atoms with Gasteiger partial charge in [-0.05, 0) is 27.6 Å². The highest BCUT2D eigenvalue weighted by Crippen LogP contribution is 2.20. The topological polar surface area (TPSA) is 41.9 Å². The highest BCUT2D eigenvalue weighted by molar-refractivity contribution is 9.10. The molecule has 19 heavy (non-hydrogen) atoms. The molecule has 0 fully saturated rings. The van der Waals surface area contributed by atoms with Gasteiger partial charge in [-0.2, -0.15) is 0 Å². The van der Waals surface area contributed by atoms with Crippen molar-refractivity contribution >= 4 is 21.7 Å². The summed E-state index contributed by atoms with van der Waals surface area (Å²) in [5.41, 5.74) is 1.16. The maximum atomic E-state index is 4.59. The minimum Gasteiger partial charge on any atom is -0.355 e. The number of aromatic nitrogens is 3. The van der Waals surface area contributed by atoms with Gasteiger partial charge in [0.15, 0.2) is 0 Å². The van der Waals surface area contributed by atoms with E-state index in [-0.39, 0.29) is 0 Å². The summed E-state index contributed by atoms with van der Waals surface area (Å²) in [5, 5.41) is 0. The quantitative estimate of drug-likeness (QED) is 0.810. The van der Waals surface area contributed by atoms with Crippen molar-refractivity contribution in [3.63, 3.8) is 0 Å². The van der Waals surface area contributed by atoms with E-state index in [9.17, 15) is 0 Å². The average molecular weight is 321 g/mol. The Morgan fingerprint density at radius 3 is 2.74 bits per heavy atom. The van der Waals surface area contributed by atoms with Gasteiger partial charge in [0, 0.05) is 38.0 Å². The first-order valence-electron chi connectivity index (χ1n) is 6.21. The second-order valence-electron chi connectivity index (χ2n) is 4.78. The molecule has 2 rings (SSSR count). The first kappa shape index (κ1) is 13.9. The van der Waals surface area contributed by atoms with Crippen LogP contribution < -0.4 is 4.90 Å². The molecule has 0 unspecified atom stereocenters. The van der Waals surface area contributed by atoms with Crippen LogP contribution in [0.25, 0.3) is 0 Å². The van der Waals surface area contributed by atoms with Gasteiger partial charge in [0.2, 0.25) is 0 Å². The Balaban J connectivity index is 2.21. The van der Waals surface area contributed by atoms with E-state index in [1.165, 1.54) is 0 Å². The summed E-state index contributed by atoms with van der Waals surface area (Å²) >= 11 is 3.44. The van der Waals surface area contributed by atoms with Crippen molar-refractivity contribution in [2.24, 2.45) is 0 Å². The fourth-order valence-corrected chi connectivity index (χ4v) is 2.11. The third-order valence-corrected chi connectivity index (χ3v) is 3.15. The molecule has 0 saturated heterocycles. The molecule has 0 aromatic carbocycles. The molecule has 0 N–H and O–H groups in total. The zero-order chi connectivity index (χ0) is 13.8. The fourth-order valence-electron chi connectivity index (χ4n) is 1.72. The Labute approximate surface area is 122 Å². The van der Waals surface area contributed by atoms with Crippen LogP contribution in [0.3, 0.4) is 0 Å². The lowest BCUT2D eigenvalue weighted by molar-refractivity contribution is 0.757. The molecule has 0 aliphatic heterocycles. The van der Waals surface area contributed by atoms with Gasteiger partial charge in [0.05, 0.1) is 0 Å². The van der Waals surface area contributed by atoms with Gasteiger partial charge in [-0.25, -0.2) is 9.97 Å². The van der Waals surface area contributed by atoms with Crippen molar-refractivity contribution in [1.29, 1.82) is 0 Å². The number of hydrogen-bond acceptors (Lipinski definition) is 4. The second-order valence-corrected chi connectivity index (χ2v) is 5.59. The molecule has 100 valence electrons. The van der Waals surface area contributed by atoms with Gasteiger partial charge in [0.1, 0.15) is 16.2 Å². The molecule has 5 heteroatoms. The fraction of sp³-hybridized carbons (Fsp3) is 0.357. The Hall–Kier alpha value is -1.49. The van der Waals surface area contributed by atoms with E-state index in [1.807, 2.05) is 25.4 Å². The maximum absolute atomic E-state index is 4.59. The molecule has 0 bridgehead atoms. The van der Waals surface area contributed by atoms with Gasteiger partial charge in [-0.15, -0.1) is 0 Å². The van der Waals surface area contributed by atoms with Crippen molar-refractivity contribution in [2.45, 2.75) is 26.3 Å². The minimum absolute atomic E-state index is 0.308. The van der Waals surface area contributed by atoms with E-state index >= 15 is 0 Å². The predicted octanol–water partition coefficient (Wildman–Crippen LogP) is 3.39. The highest BCUT2D eigenvalue weighted by atomic mass is 79.9. The number of anilines is 1. The van der Waals surface area contributed by atoms with Crippen LogP contribution in [0, 0.1) is 0 Å². The van der Waals surface area contributed by atoms with Crippen molar-refractivity contribution in [1.82, 2.24) is 15.0 Å². The van der Waals surface area contributed by atoms with Gasteiger partial charge < -0.3 is 4.90 Å². The van der Waals surface area contributed by atoms with Crippen LogP contribution in [0.4, 0.5) is 5.82 Å². The summed E-state index contributed by atoms with van der Waals surface area (Å²) in [6, 6.07) is 5.93. The largest absolute Gasteiger partial charge is 0.355 e. The molecule has 0 radical (unpaired) electrons. The summed E-state index contributed by atoms with van der Waals surface area (Å²) < 4.78 is 0.819. The zero-order valence-corrected chi connectivity index (χ0v) is 12.9. The van der Waals surface area contributed by atoms with E-state index in [2.05, 4.69) is 55.7 Å². The molecule has 0 atom stereocenters. The molecule has 2 aromatic rings. The number of nitrogens with zero attached hydrogens (tertiary/aromatic N) is 4. The molecule has 0 amide bonds. The van der Waals surface area contributed by atoms with Crippen LogP contribution in [-0.4, -0.2) is 22.0 Å². The summed E-state index contributed by atoms with van der Waals surface area (Å²) in [7, 11) is 2.02. The maximum Gasteiger partial charge on any atom is 0.134 e. The Bertz CT molecular complexity index is 542.